The van der Waals surface area contributed by atoms with E-state index < -0.39 is 59.8 Å². The van der Waals surface area contributed by atoms with Crippen LogP contribution in [-0.4, -0.2) is 87.9 Å². The van der Waals surface area contributed by atoms with Crippen LogP contribution in [0, 0.1) is 0 Å². The van der Waals surface area contributed by atoms with E-state index in [-0.39, 0.29) is 28.1 Å². The summed E-state index contributed by atoms with van der Waals surface area (Å²) in [6.45, 7) is -0.751. The Morgan fingerprint density at radius 3 is 2.78 bits per heavy atom. The number of para-hydroxylation sites is 1. The number of benzene rings is 1. The highest BCUT2D eigenvalue weighted by Crippen LogP contribution is 2.45. The van der Waals surface area contributed by atoms with Crippen LogP contribution in [0.4, 0.5) is 5.95 Å². The predicted octanol–water partition coefficient (Wildman–Crippen LogP) is -1.90. The van der Waals surface area contributed by atoms with E-state index in [9.17, 15) is 32.9 Å². The molecular weight excluding hydrogens is 523 g/mol. The van der Waals surface area contributed by atoms with Crippen LogP contribution in [0.2, 0.25) is 0 Å². The summed E-state index contributed by atoms with van der Waals surface area (Å²) in [6, 6.07) is 6.12. The van der Waals surface area contributed by atoms with Gasteiger partial charge in [-0.15, -0.1) is 9.19 Å². The molecule has 17 nitrogen and oxygen atoms in total. The summed E-state index contributed by atoms with van der Waals surface area (Å²) in [6.07, 6.45) is -4.71. The van der Waals surface area contributed by atoms with E-state index in [0.717, 1.165) is 10.9 Å². The average Bonchev–Trinajstić information content (AvgIpc) is 3.49. The number of imidazole rings is 1. The van der Waals surface area contributed by atoms with Crippen LogP contribution >= 0.6 is 7.60 Å². The van der Waals surface area contributed by atoms with Crippen LogP contribution in [0.3, 0.4) is 0 Å². The third-order valence-corrected chi connectivity index (χ3v) is 9.37. The van der Waals surface area contributed by atoms with Crippen molar-refractivity contribution in [3.63, 3.8) is 0 Å². The second-order valence-corrected chi connectivity index (χ2v) is 12.0. The summed E-state index contributed by atoms with van der Waals surface area (Å²) in [5.74, 6) is -0.218. The molecule has 1 unspecified atom stereocenters. The van der Waals surface area contributed by atoms with Crippen LogP contribution in [0.1, 0.15) is 6.23 Å². The molecule has 4 aromatic rings. The van der Waals surface area contributed by atoms with Crippen molar-refractivity contribution in [3.8, 4) is 0 Å². The van der Waals surface area contributed by atoms with E-state index in [2.05, 4.69) is 25.3 Å². The van der Waals surface area contributed by atoms with Crippen LogP contribution < -0.4 is 11.3 Å². The number of nitrogens with one attached hydrogen (secondary N) is 1. The van der Waals surface area contributed by atoms with Gasteiger partial charge < -0.3 is 30.1 Å². The fourth-order valence-electron chi connectivity index (χ4n) is 3.77. The number of aromatic nitrogens is 7. The molecule has 0 saturated carbocycles. The lowest BCUT2D eigenvalue weighted by atomic mass is 10.1. The number of aliphatic hydroxyl groups is 2. The predicted molar refractivity (Wildman–Crippen MR) is 121 cm³/mol. The molecule has 5 atom stereocenters. The first-order chi connectivity index (χ1) is 17.0. The SMILES string of the molecule is Nc1nc2c(ncn2[C@@H]2O[C@H](COP(=O)(O)CS(=O)(=O)n3nnc4ccccc43)[C@@H](O)[C@H]2O)c(=O)[nH]1. The number of rotatable bonds is 7. The van der Waals surface area contributed by atoms with Crippen molar-refractivity contribution in [1.29, 1.82) is 0 Å². The molecule has 0 amide bonds. The molecule has 0 radical (unpaired) electrons. The molecule has 0 spiro atoms. The number of nitrogens with zero attached hydrogens (tertiary/aromatic N) is 6. The van der Waals surface area contributed by atoms with Crippen molar-refractivity contribution < 1.29 is 37.3 Å². The Morgan fingerprint density at radius 1 is 1.25 bits per heavy atom. The van der Waals surface area contributed by atoms with Gasteiger partial charge in [-0.2, -0.15) is 4.98 Å². The molecule has 1 fully saturated rings. The third-order valence-electron chi connectivity index (χ3n) is 5.41. The summed E-state index contributed by atoms with van der Waals surface area (Å²) < 4.78 is 50.2. The number of nitrogens with two attached hydrogens (primary N) is 1. The lowest BCUT2D eigenvalue weighted by Crippen LogP contribution is -2.33. The fourth-order valence-corrected chi connectivity index (χ4v) is 7.13. The molecule has 1 aromatic carbocycles. The Bertz CT molecular complexity index is 1670. The number of aliphatic hydroxyl groups excluding tert-OH is 2. The Balaban J connectivity index is 1.31. The van der Waals surface area contributed by atoms with E-state index in [4.69, 9.17) is 15.0 Å². The zero-order chi connectivity index (χ0) is 25.8. The van der Waals surface area contributed by atoms with Crippen LogP contribution in [-0.2, 0) is 23.8 Å². The largest absolute Gasteiger partial charge is 0.387 e. The lowest BCUT2D eigenvalue weighted by Gasteiger charge is -2.18. The van der Waals surface area contributed by atoms with Gasteiger partial charge in [0.25, 0.3) is 15.6 Å². The van der Waals surface area contributed by atoms with E-state index >= 15 is 0 Å². The van der Waals surface area contributed by atoms with Gasteiger partial charge in [-0.3, -0.25) is 18.9 Å². The molecule has 0 bridgehead atoms. The Kier molecular flexibility index (Phi) is 5.91. The molecule has 3 aromatic heterocycles. The van der Waals surface area contributed by atoms with Gasteiger partial charge in [-0.05, 0) is 12.1 Å². The highest BCUT2D eigenvalue weighted by molar-refractivity contribution is 7.96. The van der Waals surface area contributed by atoms with Crippen molar-refractivity contribution in [2.45, 2.75) is 24.5 Å². The molecule has 4 heterocycles. The molecule has 1 aliphatic rings. The van der Waals surface area contributed by atoms with Gasteiger partial charge in [-0.1, -0.05) is 17.3 Å². The van der Waals surface area contributed by atoms with Gasteiger partial charge in [0.05, 0.1) is 12.9 Å². The Labute approximate surface area is 200 Å². The van der Waals surface area contributed by atoms with Gasteiger partial charge >= 0.3 is 7.60 Å². The van der Waals surface area contributed by atoms with E-state index in [1.165, 1.54) is 12.1 Å². The number of aromatic amines is 1. The maximum Gasteiger partial charge on any atom is 0.345 e. The highest BCUT2D eigenvalue weighted by Gasteiger charge is 2.45. The molecule has 19 heteroatoms. The quantitative estimate of drug-likeness (QED) is 0.160. The number of nitrogen functional groups attached to an aromatic ring is 1. The van der Waals surface area contributed by atoms with E-state index in [0.29, 0.717) is 4.09 Å². The van der Waals surface area contributed by atoms with Gasteiger partial charge in [0, 0.05) is 0 Å². The number of hydrogen-bond donors (Lipinski definition) is 5. The average molecular weight is 542 g/mol. The van der Waals surface area contributed by atoms with E-state index in [1.54, 1.807) is 12.1 Å². The van der Waals surface area contributed by atoms with Gasteiger partial charge in [0.1, 0.15) is 29.3 Å². The van der Waals surface area contributed by atoms with Crippen molar-refractivity contribution in [1.82, 2.24) is 33.9 Å². The van der Waals surface area contributed by atoms with E-state index in [1.807, 2.05) is 0 Å². The molecule has 0 aliphatic carbocycles. The minimum Gasteiger partial charge on any atom is -0.387 e. The Hall–Kier alpha value is -3.25. The molecule has 5 rings (SSSR count). The summed E-state index contributed by atoms with van der Waals surface area (Å²) in [7, 11) is -9.27. The minimum absolute atomic E-state index is 0.0342. The number of anilines is 1. The van der Waals surface area contributed by atoms with Crippen molar-refractivity contribution in [3.05, 3.63) is 40.9 Å². The monoisotopic (exact) mass is 542 g/mol. The molecule has 1 aliphatic heterocycles. The minimum atomic E-state index is -4.81. The fraction of sp³-hybridized carbons (Fsp3) is 0.353. The van der Waals surface area contributed by atoms with Gasteiger partial charge in [0.15, 0.2) is 22.9 Å². The summed E-state index contributed by atoms with van der Waals surface area (Å²) in [4.78, 5) is 32.3. The third kappa shape index (κ3) is 4.28. The zero-order valence-electron chi connectivity index (χ0n) is 18.0. The summed E-state index contributed by atoms with van der Waals surface area (Å²) >= 11 is 0. The molecule has 1 saturated heterocycles. The van der Waals surface area contributed by atoms with Crippen LogP contribution in [0.25, 0.3) is 22.2 Å². The molecule has 192 valence electrons. The van der Waals surface area contributed by atoms with Crippen LogP contribution in [0.15, 0.2) is 35.4 Å². The molecule has 36 heavy (non-hydrogen) atoms. The van der Waals surface area contributed by atoms with Crippen molar-refractivity contribution >= 4 is 45.8 Å². The van der Waals surface area contributed by atoms with Crippen molar-refractivity contribution in [2.24, 2.45) is 0 Å². The van der Waals surface area contributed by atoms with Gasteiger partial charge in [0.2, 0.25) is 5.95 Å². The first kappa shape index (κ1) is 24.4. The van der Waals surface area contributed by atoms with Crippen LogP contribution in [0.5, 0.6) is 0 Å². The zero-order valence-corrected chi connectivity index (χ0v) is 19.7. The first-order valence-corrected chi connectivity index (χ1v) is 13.6. The maximum atomic E-state index is 12.7. The standard InChI is InChI=1S/C17H19N8O9PS/c18-17-20-14-11(15(28)21-17)19-6-24(14)16-13(27)12(26)10(34-16)5-33-35(29,30)7-36(31,32)25-9-4-2-1-3-8(9)22-23-25/h1-4,6,10,12-13,16,26-27H,5,7H2,(H,29,30)(H3,18,20,21,28)/t10-,12-,13-,16-/m1/s1. The number of H-pyrrole nitrogens is 1. The molecular formula is C17H19N8O9PS. The summed E-state index contributed by atoms with van der Waals surface area (Å²) in [5.41, 5.74) is 3.83. The number of fused-ring (bicyclic) bond motifs is 2. The lowest BCUT2D eigenvalue weighted by molar-refractivity contribution is -0.0483. The Morgan fingerprint density at radius 2 is 2.00 bits per heavy atom. The summed E-state index contributed by atoms with van der Waals surface area (Å²) in [5, 5.41) is 28.1. The second-order valence-electron chi connectivity index (χ2n) is 7.92. The number of ether oxygens (including phenoxy) is 1. The first-order valence-electron chi connectivity index (χ1n) is 10.2. The van der Waals surface area contributed by atoms with Gasteiger partial charge in [-0.25, -0.2) is 13.4 Å². The highest BCUT2D eigenvalue weighted by atomic mass is 32.2. The normalized spacial score (nSPS) is 24.4. The second kappa shape index (κ2) is 8.70. The topological polar surface area (TPSA) is 251 Å². The number of hydrogen-bond acceptors (Lipinski definition) is 13. The van der Waals surface area contributed by atoms with Crippen molar-refractivity contribution in [2.75, 3.05) is 17.8 Å². The maximum absolute atomic E-state index is 12.7. The molecule has 6 N–H and O–H groups in total. The smallest absolute Gasteiger partial charge is 0.345 e.